The van der Waals surface area contributed by atoms with Crippen molar-refractivity contribution in [2.24, 2.45) is 5.92 Å². The van der Waals surface area contributed by atoms with Gasteiger partial charge in [-0.1, -0.05) is 6.08 Å². The van der Waals surface area contributed by atoms with Crippen LogP contribution in [0.5, 0.6) is 0 Å². The van der Waals surface area contributed by atoms with Crippen LogP contribution >= 0.6 is 0 Å². The lowest BCUT2D eigenvalue weighted by atomic mass is 9.98. The van der Waals surface area contributed by atoms with Crippen molar-refractivity contribution in [1.29, 1.82) is 0 Å². The Morgan fingerprint density at radius 2 is 2.17 bits per heavy atom. The van der Waals surface area contributed by atoms with Crippen LogP contribution < -0.4 is 0 Å². The summed E-state index contributed by atoms with van der Waals surface area (Å²) >= 11 is 0. The second-order valence-electron chi connectivity index (χ2n) is 5.56. The van der Waals surface area contributed by atoms with E-state index in [0.717, 1.165) is 25.9 Å². The molecule has 2 saturated heterocycles. The van der Waals surface area contributed by atoms with Gasteiger partial charge in [0.2, 0.25) is 5.91 Å². The highest BCUT2D eigenvalue weighted by atomic mass is 16.7. The molecule has 0 N–H and O–H groups in total. The van der Waals surface area contributed by atoms with Crippen molar-refractivity contribution in [3.8, 4) is 0 Å². The molecule has 0 aromatic rings. The van der Waals surface area contributed by atoms with E-state index < -0.39 is 5.79 Å². The van der Waals surface area contributed by atoms with Gasteiger partial charge in [0.05, 0.1) is 12.7 Å². The Kier molecular flexibility index (Phi) is 4.07. The van der Waals surface area contributed by atoms with Crippen molar-refractivity contribution in [2.75, 3.05) is 19.7 Å². The van der Waals surface area contributed by atoms with Crippen molar-refractivity contribution < 1.29 is 14.3 Å². The lowest BCUT2D eigenvalue weighted by Gasteiger charge is -2.23. The fourth-order valence-corrected chi connectivity index (χ4v) is 2.59. The first-order valence-corrected chi connectivity index (χ1v) is 6.74. The Labute approximate surface area is 109 Å². The van der Waals surface area contributed by atoms with Crippen LogP contribution in [0.25, 0.3) is 0 Å². The van der Waals surface area contributed by atoms with Crippen LogP contribution in [0.4, 0.5) is 0 Å². The van der Waals surface area contributed by atoms with Gasteiger partial charge in [0.25, 0.3) is 0 Å². The highest BCUT2D eigenvalue weighted by Crippen LogP contribution is 2.29. The van der Waals surface area contributed by atoms with Gasteiger partial charge in [-0.15, -0.1) is 6.58 Å². The van der Waals surface area contributed by atoms with Crippen LogP contribution in [0.15, 0.2) is 12.7 Å². The van der Waals surface area contributed by atoms with E-state index in [1.54, 1.807) is 0 Å². The van der Waals surface area contributed by atoms with E-state index >= 15 is 0 Å². The van der Waals surface area contributed by atoms with Gasteiger partial charge in [-0.25, -0.2) is 0 Å². The fraction of sp³-hybridized carbons (Fsp3) is 0.786. The van der Waals surface area contributed by atoms with Gasteiger partial charge >= 0.3 is 0 Å². The number of ether oxygens (including phenoxy) is 2. The number of hydrogen-bond acceptors (Lipinski definition) is 3. The average Bonchev–Trinajstić information content (AvgIpc) is 2.94. The Balaban J connectivity index is 1.89. The van der Waals surface area contributed by atoms with Crippen molar-refractivity contribution in [2.45, 2.75) is 45.0 Å². The molecule has 18 heavy (non-hydrogen) atoms. The van der Waals surface area contributed by atoms with Crippen LogP contribution in [-0.2, 0) is 14.3 Å². The lowest BCUT2D eigenvalue weighted by Crippen LogP contribution is -2.33. The Morgan fingerprint density at radius 3 is 2.67 bits per heavy atom. The van der Waals surface area contributed by atoms with E-state index in [9.17, 15) is 4.79 Å². The average molecular weight is 253 g/mol. The van der Waals surface area contributed by atoms with Crippen LogP contribution in [-0.4, -0.2) is 42.4 Å². The molecule has 4 heteroatoms. The summed E-state index contributed by atoms with van der Waals surface area (Å²) in [5, 5.41) is 0. The summed E-state index contributed by atoms with van der Waals surface area (Å²) in [7, 11) is 0. The number of nitrogens with zero attached hydrogens (tertiary/aromatic N) is 1. The molecular formula is C14H23NO3. The predicted molar refractivity (Wildman–Crippen MR) is 69.0 cm³/mol. The number of likely N-dealkylation sites (tertiary alicyclic amines) is 1. The molecule has 102 valence electrons. The first-order valence-electron chi connectivity index (χ1n) is 6.74. The Hall–Kier alpha value is -0.870. The normalized spacial score (nSPS) is 28.3. The van der Waals surface area contributed by atoms with Gasteiger partial charge in [-0.3, -0.25) is 4.79 Å². The summed E-state index contributed by atoms with van der Waals surface area (Å²) < 4.78 is 11.3. The third-order valence-corrected chi connectivity index (χ3v) is 3.68. The van der Waals surface area contributed by atoms with E-state index in [4.69, 9.17) is 9.47 Å². The molecule has 0 saturated carbocycles. The molecule has 0 spiro atoms. The van der Waals surface area contributed by atoms with E-state index in [0.29, 0.717) is 13.0 Å². The number of carbonyl (C=O) groups is 1. The number of hydrogen-bond donors (Lipinski definition) is 0. The first kappa shape index (κ1) is 13.6. The number of rotatable bonds is 4. The van der Waals surface area contributed by atoms with Gasteiger partial charge in [-0.2, -0.15) is 0 Å². The van der Waals surface area contributed by atoms with Crippen molar-refractivity contribution >= 4 is 5.91 Å². The molecule has 0 unspecified atom stereocenters. The SMILES string of the molecule is C=C[C@@H](CC(=O)N1CCCC1)[C@H]1COC(C)(C)O1. The zero-order chi connectivity index (χ0) is 13.2. The second-order valence-corrected chi connectivity index (χ2v) is 5.56. The van der Waals surface area contributed by atoms with Crippen LogP contribution in [0.3, 0.4) is 0 Å². The summed E-state index contributed by atoms with van der Waals surface area (Å²) in [6.07, 6.45) is 4.50. The molecule has 0 bridgehead atoms. The molecule has 2 fully saturated rings. The number of carbonyl (C=O) groups excluding carboxylic acids is 1. The second kappa shape index (κ2) is 5.41. The molecule has 0 aromatic carbocycles. The molecule has 0 aliphatic carbocycles. The molecule has 1 amide bonds. The van der Waals surface area contributed by atoms with Crippen LogP contribution in [0, 0.1) is 5.92 Å². The fourth-order valence-electron chi connectivity index (χ4n) is 2.59. The maximum atomic E-state index is 12.1. The van der Waals surface area contributed by atoms with E-state index in [2.05, 4.69) is 6.58 Å². The maximum Gasteiger partial charge on any atom is 0.223 e. The molecule has 2 atom stereocenters. The monoisotopic (exact) mass is 253 g/mol. The molecule has 0 radical (unpaired) electrons. The summed E-state index contributed by atoms with van der Waals surface area (Å²) in [6.45, 7) is 9.96. The van der Waals surface area contributed by atoms with Crippen molar-refractivity contribution in [1.82, 2.24) is 4.90 Å². The first-order chi connectivity index (χ1) is 8.52. The highest BCUT2D eigenvalue weighted by Gasteiger charge is 2.37. The quantitative estimate of drug-likeness (QED) is 0.719. The zero-order valence-corrected chi connectivity index (χ0v) is 11.4. The maximum absolute atomic E-state index is 12.1. The van der Waals surface area contributed by atoms with E-state index in [1.165, 1.54) is 0 Å². The van der Waals surface area contributed by atoms with E-state index in [1.807, 2.05) is 24.8 Å². The zero-order valence-electron chi connectivity index (χ0n) is 11.4. The Bertz CT molecular complexity index is 321. The smallest absolute Gasteiger partial charge is 0.223 e. The largest absolute Gasteiger partial charge is 0.348 e. The van der Waals surface area contributed by atoms with Gasteiger partial charge in [0, 0.05) is 25.4 Å². The van der Waals surface area contributed by atoms with Gasteiger partial charge in [0.15, 0.2) is 5.79 Å². The third-order valence-electron chi connectivity index (χ3n) is 3.68. The van der Waals surface area contributed by atoms with Gasteiger partial charge < -0.3 is 14.4 Å². The summed E-state index contributed by atoms with van der Waals surface area (Å²) in [4.78, 5) is 14.1. The molecule has 2 rings (SSSR count). The standard InChI is InChI=1S/C14H23NO3/c1-4-11(12-10-17-14(2,3)18-12)9-13(16)15-7-5-6-8-15/h4,11-12H,1,5-10H2,2-3H3/t11-,12+/m0/s1. The molecule has 4 nitrogen and oxygen atoms in total. The van der Waals surface area contributed by atoms with Crippen molar-refractivity contribution in [3.05, 3.63) is 12.7 Å². The molecule has 2 aliphatic heterocycles. The predicted octanol–water partition coefficient (Wildman–Crippen LogP) is 1.95. The van der Waals surface area contributed by atoms with E-state index in [-0.39, 0.29) is 17.9 Å². The van der Waals surface area contributed by atoms with Crippen molar-refractivity contribution in [3.63, 3.8) is 0 Å². The van der Waals surface area contributed by atoms with Crippen LogP contribution in [0.2, 0.25) is 0 Å². The minimum atomic E-state index is -0.539. The minimum Gasteiger partial charge on any atom is -0.348 e. The molecule has 2 heterocycles. The molecule has 0 aromatic heterocycles. The number of amides is 1. The van der Waals surface area contributed by atoms with Crippen LogP contribution in [0.1, 0.15) is 33.1 Å². The minimum absolute atomic E-state index is 0.0416. The third kappa shape index (κ3) is 3.12. The van der Waals surface area contributed by atoms with Gasteiger partial charge in [0.1, 0.15) is 0 Å². The molecule has 2 aliphatic rings. The summed E-state index contributed by atoms with van der Waals surface area (Å²) in [5.74, 6) is -0.284. The Morgan fingerprint density at radius 1 is 1.50 bits per heavy atom. The topological polar surface area (TPSA) is 38.8 Å². The molecular weight excluding hydrogens is 230 g/mol. The lowest BCUT2D eigenvalue weighted by molar-refractivity contribution is -0.146. The summed E-state index contributed by atoms with van der Waals surface area (Å²) in [6, 6.07) is 0. The van der Waals surface area contributed by atoms with Gasteiger partial charge in [-0.05, 0) is 26.7 Å². The highest BCUT2D eigenvalue weighted by molar-refractivity contribution is 5.77. The summed E-state index contributed by atoms with van der Waals surface area (Å²) in [5.41, 5.74) is 0.